The molecule has 0 saturated heterocycles. The summed E-state index contributed by atoms with van der Waals surface area (Å²) in [6.07, 6.45) is 6.78. The van der Waals surface area contributed by atoms with E-state index >= 15 is 0 Å². The molecule has 0 bridgehead atoms. The first-order valence-electron chi connectivity index (χ1n) is 7.49. The SMILES string of the molecule is NN1c2cc3c(cc2[C@H]2CCC=CC21)oc1ccccc13. The van der Waals surface area contributed by atoms with Crippen molar-refractivity contribution in [2.75, 3.05) is 5.01 Å². The topological polar surface area (TPSA) is 42.4 Å². The standard InChI is InChI=1S/C18H16N2O/c19-20-15-7-3-1-5-11(15)13-10-18-14(9-16(13)20)12-6-2-4-8-17(12)21-18/h2-4,6-11,15H,1,5,19H2/t11-,15?/m1/s1. The van der Waals surface area contributed by atoms with Crippen LogP contribution in [0.1, 0.15) is 24.3 Å². The lowest BCUT2D eigenvalue weighted by molar-refractivity contribution is 0.552. The minimum atomic E-state index is 0.298. The van der Waals surface area contributed by atoms with Gasteiger partial charge < -0.3 is 9.43 Å². The average molecular weight is 276 g/mol. The highest BCUT2D eigenvalue weighted by atomic mass is 16.3. The molecule has 2 N–H and O–H groups in total. The Balaban J connectivity index is 1.82. The molecule has 0 saturated carbocycles. The van der Waals surface area contributed by atoms with Crippen LogP contribution in [0.25, 0.3) is 21.9 Å². The van der Waals surface area contributed by atoms with Crippen LogP contribution in [0, 0.1) is 0 Å². The first kappa shape index (κ1) is 11.4. The van der Waals surface area contributed by atoms with Gasteiger partial charge in [-0.15, -0.1) is 0 Å². The number of para-hydroxylation sites is 1. The summed E-state index contributed by atoms with van der Waals surface area (Å²) in [5.41, 5.74) is 4.40. The van der Waals surface area contributed by atoms with Crippen molar-refractivity contribution in [1.82, 2.24) is 0 Å². The minimum absolute atomic E-state index is 0.298. The first-order chi connectivity index (χ1) is 10.3. The molecule has 1 aromatic heterocycles. The maximum atomic E-state index is 6.36. The van der Waals surface area contributed by atoms with Gasteiger partial charge in [0.25, 0.3) is 0 Å². The number of fused-ring (bicyclic) bond motifs is 6. The number of nitrogens with two attached hydrogens (primary N) is 1. The summed E-state index contributed by atoms with van der Waals surface area (Å²) in [6, 6.07) is 12.9. The number of benzene rings is 2. The van der Waals surface area contributed by atoms with E-state index in [1.54, 1.807) is 0 Å². The molecule has 2 atom stereocenters. The van der Waals surface area contributed by atoms with E-state index in [-0.39, 0.29) is 0 Å². The highest BCUT2D eigenvalue weighted by molar-refractivity contribution is 6.06. The Bertz CT molecular complexity index is 893. The number of allylic oxidation sites excluding steroid dienone is 1. The van der Waals surface area contributed by atoms with Gasteiger partial charge in [-0.1, -0.05) is 30.4 Å². The van der Waals surface area contributed by atoms with Crippen LogP contribution in [0.3, 0.4) is 0 Å². The zero-order chi connectivity index (χ0) is 14.0. The van der Waals surface area contributed by atoms with Crippen LogP contribution < -0.4 is 10.9 Å². The van der Waals surface area contributed by atoms with Gasteiger partial charge in [0.05, 0.1) is 11.7 Å². The van der Waals surface area contributed by atoms with Crippen LogP contribution >= 0.6 is 0 Å². The van der Waals surface area contributed by atoms with Crippen molar-refractivity contribution in [1.29, 1.82) is 0 Å². The normalized spacial score (nSPS) is 23.8. The Morgan fingerprint density at radius 3 is 2.95 bits per heavy atom. The third kappa shape index (κ3) is 1.41. The summed E-state index contributed by atoms with van der Waals surface area (Å²) < 4.78 is 6.02. The van der Waals surface area contributed by atoms with Crippen molar-refractivity contribution in [3.05, 3.63) is 54.1 Å². The molecule has 1 aliphatic carbocycles. The number of hydrazine groups is 1. The molecule has 2 aliphatic rings. The summed E-state index contributed by atoms with van der Waals surface area (Å²) in [5, 5.41) is 4.24. The Morgan fingerprint density at radius 1 is 1.10 bits per heavy atom. The van der Waals surface area contributed by atoms with E-state index in [0.717, 1.165) is 40.5 Å². The van der Waals surface area contributed by atoms with Gasteiger partial charge in [0.1, 0.15) is 11.2 Å². The Hall–Kier alpha value is -2.26. The predicted molar refractivity (Wildman–Crippen MR) is 85.3 cm³/mol. The van der Waals surface area contributed by atoms with Crippen molar-refractivity contribution in [2.45, 2.75) is 24.8 Å². The first-order valence-corrected chi connectivity index (χ1v) is 7.49. The molecule has 21 heavy (non-hydrogen) atoms. The van der Waals surface area contributed by atoms with Crippen molar-refractivity contribution in [3.63, 3.8) is 0 Å². The third-order valence-electron chi connectivity index (χ3n) is 4.91. The zero-order valence-corrected chi connectivity index (χ0v) is 11.6. The van der Waals surface area contributed by atoms with Gasteiger partial charge in [-0.2, -0.15) is 0 Å². The smallest absolute Gasteiger partial charge is 0.135 e. The molecule has 3 nitrogen and oxygen atoms in total. The molecule has 3 heteroatoms. The number of hydrogen-bond acceptors (Lipinski definition) is 3. The second-order valence-corrected chi connectivity index (χ2v) is 6.02. The predicted octanol–water partition coefficient (Wildman–Crippen LogP) is 4.08. The lowest BCUT2D eigenvalue weighted by Gasteiger charge is -2.25. The van der Waals surface area contributed by atoms with E-state index < -0.39 is 0 Å². The number of nitrogens with zero attached hydrogens (tertiary/aromatic N) is 1. The summed E-state index contributed by atoms with van der Waals surface area (Å²) >= 11 is 0. The highest BCUT2D eigenvalue weighted by Crippen LogP contribution is 2.46. The van der Waals surface area contributed by atoms with Crippen LogP contribution in [-0.4, -0.2) is 6.04 Å². The fraction of sp³-hybridized carbons (Fsp3) is 0.222. The van der Waals surface area contributed by atoms with Gasteiger partial charge >= 0.3 is 0 Å². The van der Waals surface area contributed by atoms with Gasteiger partial charge in [0, 0.05) is 16.7 Å². The molecule has 1 aliphatic heterocycles. The molecular formula is C18H16N2O. The van der Waals surface area contributed by atoms with Crippen molar-refractivity contribution in [2.24, 2.45) is 5.84 Å². The van der Waals surface area contributed by atoms with Crippen LogP contribution in [0.5, 0.6) is 0 Å². The monoisotopic (exact) mass is 276 g/mol. The van der Waals surface area contributed by atoms with E-state index in [1.807, 2.05) is 23.2 Å². The number of hydrogen-bond donors (Lipinski definition) is 1. The average Bonchev–Trinajstić information content (AvgIpc) is 3.02. The van der Waals surface area contributed by atoms with Gasteiger partial charge in [-0.05, 0) is 36.6 Å². The Morgan fingerprint density at radius 2 is 2.00 bits per heavy atom. The van der Waals surface area contributed by atoms with Gasteiger partial charge in [0.15, 0.2) is 0 Å². The fourth-order valence-corrected chi connectivity index (χ4v) is 3.90. The minimum Gasteiger partial charge on any atom is -0.456 e. The molecular weight excluding hydrogens is 260 g/mol. The quantitative estimate of drug-likeness (QED) is 0.497. The summed E-state index contributed by atoms with van der Waals surface area (Å²) in [6.45, 7) is 0. The van der Waals surface area contributed by atoms with Crippen molar-refractivity contribution >= 4 is 27.6 Å². The fourth-order valence-electron chi connectivity index (χ4n) is 3.90. The van der Waals surface area contributed by atoms with Gasteiger partial charge in [-0.3, -0.25) is 0 Å². The molecule has 0 spiro atoms. The zero-order valence-electron chi connectivity index (χ0n) is 11.6. The highest BCUT2D eigenvalue weighted by Gasteiger charge is 2.37. The van der Waals surface area contributed by atoms with E-state index in [9.17, 15) is 0 Å². The lowest BCUT2D eigenvalue weighted by Crippen LogP contribution is -2.39. The third-order valence-corrected chi connectivity index (χ3v) is 4.91. The molecule has 0 fully saturated rings. The Kier molecular flexibility index (Phi) is 2.11. The van der Waals surface area contributed by atoms with Gasteiger partial charge in [0.2, 0.25) is 0 Å². The number of anilines is 1. The summed E-state index contributed by atoms with van der Waals surface area (Å²) in [5.74, 6) is 6.85. The Labute approximate surface area is 122 Å². The molecule has 104 valence electrons. The largest absolute Gasteiger partial charge is 0.456 e. The molecule has 1 unspecified atom stereocenters. The number of furan rings is 1. The maximum Gasteiger partial charge on any atom is 0.135 e. The van der Waals surface area contributed by atoms with Gasteiger partial charge in [-0.25, -0.2) is 5.84 Å². The lowest BCUT2D eigenvalue weighted by atomic mass is 9.86. The molecule has 0 radical (unpaired) electrons. The van der Waals surface area contributed by atoms with Crippen molar-refractivity contribution < 1.29 is 4.42 Å². The summed E-state index contributed by atoms with van der Waals surface area (Å²) in [7, 11) is 0. The van der Waals surface area contributed by atoms with E-state index in [4.69, 9.17) is 10.3 Å². The van der Waals surface area contributed by atoms with Crippen LogP contribution in [0.15, 0.2) is 53.0 Å². The molecule has 3 aromatic rings. The van der Waals surface area contributed by atoms with Crippen LogP contribution in [0.2, 0.25) is 0 Å². The van der Waals surface area contributed by atoms with Crippen LogP contribution in [0.4, 0.5) is 5.69 Å². The molecule has 5 rings (SSSR count). The van der Waals surface area contributed by atoms with E-state index in [2.05, 4.69) is 30.4 Å². The maximum absolute atomic E-state index is 6.36. The summed E-state index contributed by atoms with van der Waals surface area (Å²) in [4.78, 5) is 0. The van der Waals surface area contributed by atoms with E-state index in [0.29, 0.717) is 12.0 Å². The number of rotatable bonds is 0. The molecule has 2 aromatic carbocycles. The molecule has 2 heterocycles. The van der Waals surface area contributed by atoms with E-state index in [1.165, 1.54) is 5.56 Å². The van der Waals surface area contributed by atoms with Crippen LogP contribution in [-0.2, 0) is 0 Å². The molecule has 0 amide bonds. The van der Waals surface area contributed by atoms with Crippen molar-refractivity contribution in [3.8, 4) is 0 Å². The second kappa shape index (κ2) is 3.89. The second-order valence-electron chi connectivity index (χ2n) is 6.02.